The fourth-order valence-electron chi connectivity index (χ4n) is 3.71. The van der Waals surface area contributed by atoms with Crippen molar-refractivity contribution in [2.24, 2.45) is 0 Å². The number of fused-ring (bicyclic) bond motifs is 1. The summed E-state index contributed by atoms with van der Waals surface area (Å²) in [6.45, 7) is 2.02. The normalized spacial score (nSPS) is 29.0. The number of esters is 1. The van der Waals surface area contributed by atoms with Crippen molar-refractivity contribution in [1.82, 2.24) is 4.90 Å². The van der Waals surface area contributed by atoms with Gasteiger partial charge >= 0.3 is 5.97 Å². The highest BCUT2D eigenvalue weighted by Gasteiger charge is 2.54. The van der Waals surface area contributed by atoms with E-state index in [4.69, 9.17) is 16.3 Å². The molecule has 2 heterocycles. The van der Waals surface area contributed by atoms with E-state index in [1.54, 1.807) is 0 Å². The number of carbonyl (C=O) groups excluding carboxylic acids is 1. The van der Waals surface area contributed by atoms with Gasteiger partial charge in [-0.05, 0) is 50.1 Å². The summed E-state index contributed by atoms with van der Waals surface area (Å²) in [6.07, 6.45) is 4.21. The van der Waals surface area contributed by atoms with Gasteiger partial charge in [-0.1, -0.05) is 18.0 Å². The van der Waals surface area contributed by atoms with Gasteiger partial charge in [-0.3, -0.25) is 4.90 Å². The van der Waals surface area contributed by atoms with Gasteiger partial charge in [0.2, 0.25) is 0 Å². The van der Waals surface area contributed by atoms with E-state index in [-0.39, 0.29) is 12.0 Å². The van der Waals surface area contributed by atoms with E-state index in [9.17, 15) is 4.79 Å². The number of hydrogen-bond donors (Lipinski definition) is 1. The van der Waals surface area contributed by atoms with Crippen LogP contribution in [0.4, 0.5) is 5.69 Å². The van der Waals surface area contributed by atoms with Crippen molar-refractivity contribution in [3.8, 4) is 0 Å². The third-order valence-corrected chi connectivity index (χ3v) is 4.99. The van der Waals surface area contributed by atoms with Crippen molar-refractivity contribution < 1.29 is 9.53 Å². The predicted octanol–water partition coefficient (Wildman–Crippen LogP) is 2.92. The number of benzene rings is 1. The molecule has 0 bridgehead atoms. The van der Waals surface area contributed by atoms with E-state index < -0.39 is 5.54 Å². The largest absolute Gasteiger partial charge is 0.467 e. The van der Waals surface area contributed by atoms with Gasteiger partial charge in [0.15, 0.2) is 5.54 Å². The van der Waals surface area contributed by atoms with Crippen LogP contribution in [0.25, 0.3) is 0 Å². The molecule has 0 spiro atoms. The third kappa shape index (κ3) is 2.62. The van der Waals surface area contributed by atoms with Gasteiger partial charge in [-0.2, -0.15) is 0 Å². The molecule has 2 aliphatic rings. The summed E-state index contributed by atoms with van der Waals surface area (Å²) in [5.41, 5.74) is 0.278. The third-order valence-electron chi connectivity index (χ3n) is 4.74. The molecule has 1 aromatic rings. The summed E-state index contributed by atoms with van der Waals surface area (Å²) in [7, 11) is 1.47. The zero-order valence-electron chi connectivity index (χ0n) is 12.3. The molecule has 4 nitrogen and oxygen atoms in total. The fourth-order valence-corrected chi connectivity index (χ4v) is 3.84. The Morgan fingerprint density at radius 3 is 2.81 bits per heavy atom. The maximum atomic E-state index is 12.5. The molecule has 2 unspecified atom stereocenters. The van der Waals surface area contributed by atoms with Gasteiger partial charge in [-0.25, -0.2) is 4.79 Å². The molecular weight excluding hydrogens is 288 g/mol. The molecule has 3 rings (SSSR count). The van der Waals surface area contributed by atoms with Gasteiger partial charge in [0.05, 0.1) is 7.11 Å². The average molecular weight is 309 g/mol. The molecule has 114 valence electrons. The topological polar surface area (TPSA) is 41.6 Å². The highest BCUT2D eigenvalue weighted by atomic mass is 35.5. The van der Waals surface area contributed by atoms with Crippen LogP contribution in [-0.2, 0) is 9.53 Å². The van der Waals surface area contributed by atoms with E-state index in [2.05, 4.69) is 10.2 Å². The Balaban J connectivity index is 1.90. The van der Waals surface area contributed by atoms with Crippen LogP contribution >= 0.6 is 11.6 Å². The minimum absolute atomic E-state index is 0.160. The van der Waals surface area contributed by atoms with Crippen molar-refractivity contribution >= 4 is 23.3 Å². The number of nitrogens with one attached hydrogen (secondary N) is 1. The Bertz CT molecular complexity index is 520. The average Bonchev–Trinajstić information content (AvgIpc) is 2.89. The molecule has 21 heavy (non-hydrogen) atoms. The number of halogens is 1. The quantitative estimate of drug-likeness (QED) is 0.872. The van der Waals surface area contributed by atoms with Crippen LogP contribution in [0.2, 0.25) is 5.02 Å². The Kier molecular flexibility index (Phi) is 4.09. The van der Waals surface area contributed by atoms with E-state index >= 15 is 0 Å². The van der Waals surface area contributed by atoms with E-state index in [1.807, 2.05) is 24.3 Å². The zero-order chi connectivity index (χ0) is 14.9. The van der Waals surface area contributed by atoms with Crippen LogP contribution in [0.1, 0.15) is 25.7 Å². The molecule has 0 saturated carbocycles. The first-order valence-electron chi connectivity index (χ1n) is 7.52. The molecule has 2 saturated heterocycles. The number of ether oxygens (including phenoxy) is 1. The Hall–Kier alpha value is -1.26. The van der Waals surface area contributed by atoms with Crippen molar-refractivity contribution in [3.05, 3.63) is 29.3 Å². The van der Waals surface area contributed by atoms with Crippen LogP contribution in [-0.4, -0.2) is 42.6 Å². The fraction of sp³-hybridized carbons (Fsp3) is 0.562. The van der Waals surface area contributed by atoms with Gasteiger partial charge in [-0.15, -0.1) is 0 Å². The molecular formula is C16H21ClN2O2. The monoisotopic (exact) mass is 308 g/mol. The van der Waals surface area contributed by atoms with Crippen molar-refractivity contribution in [2.75, 3.05) is 25.5 Å². The number of rotatable bonds is 3. The molecule has 2 atom stereocenters. The Labute approximate surface area is 130 Å². The number of piperidine rings is 1. The SMILES string of the molecule is COC(=O)C1(Nc2ccc(Cl)cc2)CCN2CCCCC21. The lowest BCUT2D eigenvalue weighted by Crippen LogP contribution is -2.57. The second-order valence-electron chi connectivity index (χ2n) is 5.89. The Morgan fingerprint density at radius 2 is 2.10 bits per heavy atom. The summed E-state index contributed by atoms with van der Waals surface area (Å²) in [4.78, 5) is 14.9. The van der Waals surface area contributed by atoms with Gasteiger partial charge in [0.1, 0.15) is 0 Å². The lowest BCUT2D eigenvalue weighted by Gasteiger charge is -2.39. The summed E-state index contributed by atoms with van der Waals surface area (Å²) in [5, 5.41) is 4.15. The first-order valence-corrected chi connectivity index (χ1v) is 7.90. The molecule has 2 aliphatic heterocycles. The molecule has 5 heteroatoms. The summed E-state index contributed by atoms with van der Waals surface area (Å²) in [6, 6.07) is 7.72. The first kappa shape index (κ1) is 14.7. The zero-order valence-corrected chi connectivity index (χ0v) is 13.0. The van der Waals surface area contributed by atoms with E-state index in [0.717, 1.165) is 31.6 Å². The minimum Gasteiger partial charge on any atom is -0.467 e. The van der Waals surface area contributed by atoms with Crippen LogP contribution in [0.5, 0.6) is 0 Å². The number of carbonyl (C=O) groups is 1. The second kappa shape index (κ2) is 5.85. The summed E-state index contributed by atoms with van der Waals surface area (Å²) >= 11 is 5.94. The highest BCUT2D eigenvalue weighted by molar-refractivity contribution is 6.30. The van der Waals surface area contributed by atoms with Crippen LogP contribution in [0.3, 0.4) is 0 Å². The summed E-state index contributed by atoms with van der Waals surface area (Å²) < 4.78 is 5.13. The standard InChI is InChI=1S/C16H21ClN2O2/c1-21-15(20)16(18-13-7-5-12(17)6-8-13)9-11-19-10-3-2-4-14(16)19/h5-8,14,18H,2-4,9-11H2,1H3. The maximum absolute atomic E-state index is 12.5. The lowest BCUT2D eigenvalue weighted by molar-refractivity contribution is -0.147. The predicted molar refractivity (Wildman–Crippen MR) is 83.7 cm³/mol. The summed E-state index contributed by atoms with van der Waals surface area (Å²) in [5.74, 6) is -0.160. The molecule has 0 aliphatic carbocycles. The van der Waals surface area contributed by atoms with E-state index in [1.165, 1.54) is 20.0 Å². The Morgan fingerprint density at radius 1 is 1.33 bits per heavy atom. The van der Waals surface area contributed by atoms with E-state index in [0.29, 0.717) is 5.02 Å². The smallest absolute Gasteiger partial charge is 0.333 e. The van der Waals surface area contributed by atoms with Gasteiger partial charge < -0.3 is 10.1 Å². The lowest BCUT2D eigenvalue weighted by atomic mass is 9.85. The number of hydrogen-bond acceptors (Lipinski definition) is 4. The van der Waals surface area contributed by atoms with Crippen LogP contribution < -0.4 is 5.32 Å². The molecule has 1 N–H and O–H groups in total. The maximum Gasteiger partial charge on any atom is 0.333 e. The highest BCUT2D eigenvalue weighted by Crippen LogP contribution is 2.38. The minimum atomic E-state index is -0.636. The first-order chi connectivity index (χ1) is 10.2. The molecule has 0 amide bonds. The van der Waals surface area contributed by atoms with Crippen LogP contribution in [0, 0.1) is 0 Å². The number of nitrogens with zero attached hydrogens (tertiary/aromatic N) is 1. The molecule has 2 fully saturated rings. The van der Waals surface area contributed by atoms with Crippen molar-refractivity contribution in [1.29, 1.82) is 0 Å². The number of methoxy groups -OCH3 is 1. The number of anilines is 1. The van der Waals surface area contributed by atoms with Crippen molar-refractivity contribution in [3.63, 3.8) is 0 Å². The van der Waals surface area contributed by atoms with Gasteiger partial charge in [0.25, 0.3) is 0 Å². The second-order valence-corrected chi connectivity index (χ2v) is 6.33. The van der Waals surface area contributed by atoms with Crippen LogP contribution in [0.15, 0.2) is 24.3 Å². The molecule has 0 radical (unpaired) electrons. The van der Waals surface area contributed by atoms with Crippen molar-refractivity contribution in [2.45, 2.75) is 37.3 Å². The molecule has 1 aromatic carbocycles. The van der Waals surface area contributed by atoms with Gasteiger partial charge in [0, 0.05) is 23.3 Å². The molecule has 0 aromatic heterocycles.